The van der Waals surface area contributed by atoms with Crippen molar-refractivity contribution in [2.45, 2.75) is 6.18 Å². The molecule has 0 aliphatic heterocycles. The van der Waals surface area contributed by atoms with Gasteiger partial charge in [0.15, 0.2) is 0 Å². The summed E-state index contributed by atoms with van der Waals surface area (Å²) in [6.07, 6.45) is -4.40. The summed E-state index contributed by atoms with van der Waals surface area (Å²) in [5.74, 6) is -0.696. The number of benzene rings is 1. The second-order valence-corrected chi connectivity index (χ2v) is 3.27. The molecular weight excluding hydrogens is 223 g/mol. The van der Waals surface area contributed by atoms with Gasteiger partial charge in [-0.3, -0.25) is 0 Å². The maximum Gasteiger partial charge on any atom is 0.416 e. The summed E-state index contributed by atoms with van der Waals surface area (Å²) < 4.78 is 36.6. The van der Waals surface area contributed by atoms with Crippen LogP contribution < -0.4 is 0 Å². The largest absolute Gasteiger partial charge is 0.416 e. The molecule has 88 valence electrons. The van der Waals surface area contributed by atoms with Crippen LogP contribution in [0.3, 0.4) is 0 Å². The third-order valence-electron chi connectivity index (χ3n) is 1.71. The van der Waals surface area contributed by atoms with Crippen molar-refractivity contribution >= 4 is 5.97 Å². The first kappa shape index (κ1) is 12.5. The fourth-order valence-corrected chi connectivity index (χ4v) is 1.01. The highest BCUT2D eigenvalue weighted by atomic mass is 19.4. The van der Waals surface area contributed by atoms with Gasteiger partial charge in [-0.1, -0.05) is 0 Å². The van der Waals surface area contributed by atoms with Crippen LogP contribution in [-0.4, -0.2) is 25.1 Å². The van der Waals surface area contributed by atoms with Gasteiger partial charge in [0.1, 0.15) is 0 Å². The normalized spacial score (nSPS) is 11.6. The third-order valence-corrected chi connectivity index (χ3v) is 1.71. The zero-order valence-corrected chi connectivity index (χ0v) is 8.71. The summed E-state index contributed by atoms with van der Waals surface area (Å²) in [7, 11) is 3.00. The van der Waals surface area contributed by atoms with Crippen molar-refractivity contribution in [3.05, 3.63) is 35.4 Å². The average Bonchev–Trinajstić information content (AvgIpc) is 2.15. The lowest BCUT2D eigenvalue weighted by molar-refractivity contribution is -0.137. The maximum atomic E-state index is 12.2. The van der Waals surface area contributed by atoms with E-state index in [4.69, 9.17) is 0 Å². The molecule has 0 aliphatic rings. The number of carbonyl (C=O) groups is 1. The van der Waals surface area contributed by atoms with Gasteiger partial charge in [-0.15, -0.1) is 5.06 Å². The van der Waals surface area contributed by atoms with Crippen molar-refractivity contribution in [3.63, 3.8) is 0 Å². The smallest absolute Gasteiger partial charge is 0.364 e. The van der Waals surface area contributed by atoms with Gasteiger partial charge in [0.05, 0.1) is 11.1 Å². The third kappa shape index (κ3) is 3.23. The number of halogens is 3. The Kier molecular flexibility index (Phi) is 3.54. The van der Waals surface area contributed by atoms with E-state index in [-0.39, 0.29) is 5.56 Å². The molecule has 1 aromatic rings. The minimum Gasteiger partial charge on any atom is -0.364 e. The summed E-state index contributed by atoms with van der Waals surface area (Å²) >= 11 is 0. The molecule has 0 aliphatic carbocycles. The molecule has 0 unspecified atom stereocenters. The van der Waals surface area contributed by atoms with Crippen molar-refractivity contribution in [1.82, 2.24) is 5.06 Å². The minimum absolute atomic E-state index is 0.0710. The van der Waals surface area contributed by atoms with Crippen LogP contribution >= 0.6 is 0 Å². The summed E-state index contributed by atoms with van der Waals surface area (Å²) in [5.41, 5.74) is -0.726. The lowest BCUT2D eigenvalue weighted by Gasteiger charge is -2.10. The van der Waals surface area contributed by atoms with E-state index in [0.29, 0.717) is 0 Å². The van der Waals surface area contributed by atoms with Crippen molar-refractivity contribution < 1.29 is 22.8 Å². The molecule has 0 fully saturated rings. The molecule has 0 heterocycles. The van der Waals surface area contributed by atoms with Crippen LogP contribution in [0.15, 0.2) is 24.3 Å². The summed E-state index contributed by atoms with van der Waals surface area (Å²) in [4.78, 5) is 15.9. The summed E-state index contributed by atoms with van der Waals surface area (Å²) in [6.45, 7) is 0. The van der Waals surface area contributed by atoms with Gasteiger partial charge < -0.3 is 4.84 Å². The van der Waals surface area contributed by atoms with Crippen LogP contribution in [0, 0.1) is 0 Å². The molecule has 16 heavy (non-hydrogen) atoms. The van der Waals surface area contributed by atoms with Crippen molar-refractivity contribution in [2.24, 2.45) is 0 Å². The van der Waals surface area contributed by atoms with Crippen molar-refractivity contribution in [1.29, 1.82) is 0 Å². The molecule has 1 rings (SSSR count). The van der Waals surface area contributed by atoms with Crippen molar-refractivity contribution in [2.75, 3.05) is 14.1 Å². The Morgan fingerprint density at radius 3 is 2.06 bits per heavy atom. The fraction of sp³-hybridized carbons (Fsp3) is 0.300. The summed E-state index contributed by atoms with van der Waals surface area (Å²) in [6, 6.07) is 3.84. The number of hydrogen-bond acceptors (Lipinski definition) is 3. The molecular formula is C10H10F3NO2. The predicted octanol–water partition coefficient (Wildman–Crippen LogP) is 2.34. The van der Waals surface area contributed by atoms with Gasteiger partial charge >= 0.3 is 12.1 Å². The Morgan fingerprint density at radius 1 is 1.19 bits per heavy atom. The van der Waals surface area contributed by atoms with Gasteiger partial charge in [-0.05, 0) is 24.3 Å². The Labute approximate surface area is 90.4 Å². The number of carbonyl (C=O) groups excluding carboxylic acids is 1. The molecule has 0 amide bonds. The molecule has 0 aromatic heterocycles. The van der Waals surface area contributed by atoms with Gasteiger partial charge in [-0.2, -0.15) is 13.2 Å². The minimum atomic E-state index is -4.40. The second-order valence-electron chi connectivity index (χ2n) is 3.27. The van der Waals surface area contributed by atoms with Crippen LogP contribution in [0.5, 0.6) is 0 Å². The first-order valence-corrected chi connectivity index (χ1v) is 4.37. The van der Waals surface area contributed by atoms with Crippen LogP contribution in [0.4, 0.5) is 13.2 Å². The highest BCUT2D eigenvalue weighted by Crippen LogP contribution is 2.29. The molecule has 0 radical (unpaired) electrons. The van der Waals surface area contributed by atoms with E-state index in [1.54, 1.807) is 0 Å². The van der Waals surface area contributed by atoms with Crippen LogP contribution in [0.2, 0.25) is 0 Å². The monoisotopic (exact) mass is 233 g/mol. The van der Waals surface area contributed by atoms with E-state index >= 15 is 0 Å². The van der Waals surface area contributed by atoms with Gasteiger partial charge in [0.2, 0.25) is 0 Å². The SMILES string of the molecule is CN(C)OC(=O)c1ccc(C(F)(F)F)cc1. The number of hydroxylamine groups is 2. The fourth-order valence-electron chi connectivity index (χ4n) is 1.01. The highest BCUT2D eigenvalue weighted by Gasteiger charge is 2.30. The summed E-state index contributed by atoms with van der Waals surface area (Å²) in [5, 5.41) is 1.17. The average molecular weight is 233 g/mol. The van der Waals surface area contributed by atoms with Gasteiger partial charge in [0, 0.05) is 14.1 Å². The lowest BCUT2D eigenvalue weighted by Crippen LogP contribution is -2.18. The molecule has 0 spiro atoms. The van der Waals surface area contributed by atoms with E-state index in [2.05, 4.69) is 4.84 Å². The molecule has 0 saturated heterocycles. The maximum absolute atomic E-state index is 12.2. The highest BCUT2D eigenvalue weighted by molar-refractivity contribution is 5.89. The molecule has 1 aromatic carbocycles. The van der Waals surface area contributed by atoms with Crippen LogP contribution in [-0.2, 0) is 11.0 Å². The van der Waals surface area contributed by atoms with Crippen LogP contribution in [0.1, 0.15) is 15.9 Å². The van der Waals surface area contributed by atoms with E-state index in [9.17, 15) is 18.0 Å². The Morgan fingerprint density at radius 2 is 1.69 bits per heavy atom. The van der Waals surface area contributed by atoms with E-state index < -0.39 is 17.7 Å². The Bertz CT molecular complexity index is 371. The molecule has 6 heteroatoms. The first-order chi connectivity index (χ1) is 7.30. The number of rotatable bonds is 2. The zero-order valence-electron chi connectivity index (χ0n) is 8.71. The molecule has 0 N–H and O–H groups in total. The first-order valence-electron chi connectivity index (χ1n) is 4.37. The predicted molar refractivity (Wildman–Crippen MR) is 50.5 cm³/mol. The van der Waals surface area contributed by atoms with E-state index in [0.717, 1.165) is 24.3 Å². The quantitative estimate of drug-likeness (QED) is 0.734. The van der Waals surface area contributed by atoms with E-state index in [1.165, 1.54) is 19.2 Å². The number of nitrogens with zero attached hydrogens (tertiary/aromatic N) is 1. The molecule has 3 nitrogen and oxygen atoms in total. The molecule has 0 saturated carbocycles. The molecule has 0 bridgehead atoms. The topological polar surface area (TPSA) is 29.5 Å². The van der Waals surface area contributed by atoms with Crippen LogP contribution in [0.25, 0.3) is 0 Å². The zero-order chi connectivity index (χ0) is 12.3. The molecule has 0 atom stereocenters. The van der Waals surface area contributed by atoms with E-state index in [1.807, 2.05) is 0 Å². The van der Waals surface area contributed by atoms with Crippen molar-refractivity contribution in [3.8, 4) is 0 Å². The Balaban J connectivity index is 2.83. The number of alkyl halides is 3. The standard InChI is InChI=1S/C10H10F3NO2/c1-14(2)16-9(15)7-3-5-8(6-4-7)10(11,12)13/h3-6H,1-2H3. The van der Waals surface area contributed by atoms with Gasteiger partial charge in [0.25, 0.3) is 0 Å². The number of hydrogen-bond donors (Lipinski definition) is 0. The Hall–Kier alpha value is -1.56. The second kappa shape index (κ2) is 4.52. The lowest BCUT2D eigenvalue weighted by atomic mass is 10.1. The van der Waals surface area contributed by atoms with Gasteiger partial charge in [-0.25, -0.2) is 4.79 Å².